The minimum Gasteiger partial charge on any atom is -0.363 e. The third kappa shape index (κ3) is 0.986. The number of aliphatic imine (C=N–C) groups is 1. The topological polar surface area (TPSA) is 24.4 Å². The zero-order valence-electron chi connectivity index (χ0n) is 7.76. The van der Waals surface area contributed by atoms with Crippen molar-refractivity contribution >= 4 is 5.84 Å². The number of nitrogens with one attached hydrogen (secondary N) is 1. The van der Waals surface area contributed by atoms with Crippen molar-refractivity contribution in [1.29, 1.82) is 0 Å². The lowest BCUT2D eigenvalue weighted by Gasteiger charge is -2.29. The molecule has 0 radical (unpaired) electrons. The van der Waals surface area contributed by atoms with E-state index in [4.69, 9.17) is 0 Å². The summed E-state index contributed by atoms with van der Waals surface area (Å²) in [5.41, 5.74) is 1.34. The van der Waals surface area contributed by atoms with Gasteiger partial charge in [0.2, 0.25) is 0 Å². The van der Waals surface area contributed by atoms with Gasteiger partial charge in [-0.3, -0.25) is 4.99 Å². The fraction of sp³-hybridized carbons (Fsp3) is 0.500. The summed E-state index contributed by atoms with van der Waals surface area (Å²) < 4.78 is 0. The van der Waals surface area contributed by atoms with Crippen LogP contribution in [-0.4, -0.2) is 17.4 Å². The van der Waals surface area contributed by atoms with E-state index in [9.17, 15) is 0 Å². The Kier molecular flexibility index (Phi) is 1.40. The number of nitrogens with zero attached hydrogens (tertiary/aromatic N) is 1. The van der Waals surface area contributed by atoms with Crippen molar-refractivity contribution in [3.8, 4) is 0 Å². The van der Waals surface area contributed by atoms with Gasteiger partial charge in [-0.2, -0.15) is 0 Å². The lowest BCUT2D eigenvalue weighted by atomic mass is 9.87. The van der Waals surface area contributed by atoms with Crippen LogP contribution in [-0.2, 0) is 0 Å². The molecule has 2 aliphatic rings. The van der Waals surface area contributed by atoms with Gasteiger partial charge in [-0.15, -0.1) is 0 Å². The summed E-state index contributed by atoms with van der Waals surface area (Å²) in [6.07, 6.45) is 6.55. The molecule has 2 rings (SSSR count). The number of allylic oxidation sites excluding steroid dienone is 2. The second-order valence-electron chi connectivity index (χ2n) is 3.81. The maximum absolute atomic E-state index is 4.49. The molecule has 1 N–H and O–H groups in total. The van der Waals surface area contributed by atoms with Crippen LogP contribution in [0.25, 0.3) is 0 Å². The van der Waals surface area contributed by atoms with E-state index in [1.165, 1.54) is 5.57 Å². The highest BCUT2D eigenvalue weighted by atomic mass is 15.2. The van der Waals surface area contributed by atoms with Crippen LogP contribution in [0.2, 0.25) is 0 Å². The van der Waals surface area contributed by atoms with E-state index in [1.54, 1.807) is 0 Å². The number of amidine groups is 1. The second kappa shape index (κ2) is 2.22. The summed E-state index contributed by atoms with van der Waals surface area (Å²) in [7, 11) is 0. The molecule has 0 amide bonds. The Bertz CT molecular complexity index is 299. The average Bonchev–Trinajstić information content (AvgIpc) is 2.22. The smallest absolute Gasteiger partial charge is 0.0966 e. The van der Waals surface area contributed by atoms with E-state index in [0.29, 0.717) is 6.04 Å². The first-order valence-electron chi connectivity index (χ1n) is 4.30. The van der Waals surface area contributed by atoms with E-state index in [2.05, 4.69) is 42.4 Å². The first-order chi connectivity index (χ1) is 5.60. The summed E-state index contributed by atoms with van der Waals surface area (Å²) in [5.74, 6) is 1.04. The second-order valence-corrected chi connectivity index (χ2v) is 3.81. The maximum atomic E-state index is 4.49. The summed E-state index contributed by atoms with van der Waals surface area (Å²) in [5, 5.41) is 3.38. The van der Waals surface area contributed by atoms with Crippen LogP contribution in [0.15, 0.2) is 28.8 Å². The quantitative estimate of drug-likeness (QED) is 0.575. The predicted molar refractivity (Wildman–Crippen MR) is 51.3 cm³/mol. The van der Waals surface area contributed by atoms with Crippen LogP contribution in [0.3, 0.4) is 0 Å². The lowest BCUT2D eigenvalue weighted by molar-refractivity contribution is 0.497. The zero-order valence-corrected chi connectivity index (χ0v) is 7.76. The van der Waals surface area contributed by atoms with Gasteiger partial charge in [-0.1, -0.05) is 23.8 Å². The Morgan fingerprint density at radius 2 is 2.25 bits per heavy atom. The fourth-order valence-corrected chi connectivity index (χ4v) is 1.97. The average molecular weight is 162 g/mol. The normalized spacial score (nSPS) is 38.4. The van der Waals surface area contributed by atoms with Crippen LogP contribution >= 0.6 is 0 Å². The van der Waals surface area contributed by atoms with Crippen LogP contribution < -0.4 is 5.32 Å². The first-order valence-corrected chi connectivity index (χ1v) is 4.30. The Labute approximate surface area is 73.1 Å². The van der Waals surface area contributed by atoms with Crippen molar-refractivity contribution in [1.82, 2.24) is 5.32 Å². The number of fused-ring (bicyclic) bond motifs is 1. The van der Waals surface area contributed by atoms with E-state index >= 15 is 0 Å². The molecule has 2 heteroatoms. The molecule has 0 aromatic carbocycles. The molecule has 0 aromatic rings. The largest absolute Gasteiger partial charge is 0.363 e. The van der Waals surface area contributed by atoms with Gasteiger partial charge in [0.1, 0.15) is 0 Å². The van der Waals surface area contributed by atoms with Gasteiger partial charge in [0.25, 0.3) is 0 Å². The van der Waals surface area contributed by atoms with Crippen molar-refractivity contribution in [3.63, 3.8) is 0 Å². The van der Waals surface area contributed by atoms with Crippen LogP contribution in [0.5, 0.6) is 0 Å². The van der Waals surface area contributed by atoms with Crippen LogP contribution in [0.1, 0.15) is 20.8 Å². The van der Waals surface area contributed by atoms with Crippen molar-refractivity contribution in [3.05, 3.63) is 23.8 Å². The Hall–Kier alpha value is -1.05. The van der Waals surface area contributed by atoms with Gasteiger partial charge in [0, 0.05) is 0 Å². The zero-order chi connectivity index (χ0) is 8.77. The van der Waals surface area contributed by atoms with Crippen LogP contribution in [0, 0.1) is 0 Å². The Balaban J connectivity index is 2.37. The molecule has 0 spiro atoms. The monoisotopic (exact) mass is 162 g/mol. The van der Waals surface area contributed by atoms with Crippen molar-refractivity contribution in [2.75, 3.05) is 0 Å². The van der Waals surface area contributed by atoms with E-state index < -0.39 is 0 Å². The van der Waals surface area contributed by atoms with Crippen molar-refractivity contribution < 1.29 is 0 Å². The molecule has 1 aliphatic carbocycles. The van der Waals surface area contributed by atoms with Gasteiger partial charge < -0.3 is 5.32 Å². The molecule has 0 aromatic heterocycles. The summed E-state index contributed by atoms with van der Waals surface area (Å²) in [4.78, 5) is 4.49. The molecule has 2 unspecified atom stereocenters. The van der Waals surface area contributed by atoms with E-state index in [1.807, 2.05) is 6.92 Å². The molecule has 0 saturated carbocycles. The number of hydrogen-bond acceptors (Lipinski definition) is 2. The summed E-state index contributed by atoms with van der Waals surface area (Å²) in [6.45, 7) is 6.32. The van der Waals surface area contributed by atoms with Gasteiger partial charge in [0.05, 0.1) is 17.4 Å². The molecule has 0 bridgehead atoms. The highest BCUT2D eigenvalue weighted by Gasteiger charge is 2.36. The third-order valence-electron chi connectivity index (χ3n) is 2.47. The summed E-state index contributed by atoms with van der Waals surface area (Å²) >= 11 is 0. The molecule has 64 valence electrons. The lowest BCUT2D eigenvalue weighted by Crippen LogP contribution is -2.45. The predicted octanol–water partition coefficient (Wildman–Crippen LogP) is 1.65. The molecule has 2 nitrogen and oxygen atoms in total. The van der Waals surface area contributed by atoms with Gasteiger partial charge >= 0.3 is 0 Å². The standard InChI is InChI=1S/C10H14N2/c1-7-4-5-9-10(3,6-7)12-8(2)11-9/h4-6,9H,1-3H3,(H,11,12). The molecule has 2 atom stereocenters. The molecule has 0 fully saturated rings. The summed E-state index contributed by atoms with van der Waals surface area (Å²) in [6, 6.07) is 0.293. The minimum atomic E-state index is 0.0307. The van der Waals surface area contributed by atoms with Crippen LogP contribution in [0.4, 0.5) is 0 Å². The molecular weight excluding hydrogens is 148 g/mol. The Morgan fingerprint density at radius 1 is 1.50 bits per heavy atom. The van der Waals surface area contributed by atoms with Gasteiger partial charge in [-0.25, -0.2) is 0 Å². The number of hydrogen-bond donors (Lipinski definition) is 1. The molecule has 1 heterocycles. The SMILES string of the molecule is CC1=CC2(C)NC(C)=NC2C=C1. The maximum Gasteiger partial charge on any atom is 0.0966 e. The van der Waals surface area contributed by atoms with E-state index in [0.717, 1.165) is 5.84 Å². The molecule has 12 heavy (non-hydrogen) atoms. The molecule has 0 saturated heterocycles. The van der Waals surface area contributed by atoms with Gasteiger partial charge in [0.15, 0.2) is 0 Å². The fourth-order valence-electron chi connectivity index (χ4n) is 1.97. The highest BCUT2D eigenvalue weighted by Crippen LogP contribution is 2.27. The molecular formula is C10H14N2. The number of rotatable bonds is 0. The van der Waals surface area contributed by atoms with Gasteiger partial charge in [-0.05, 0) is 20.8 Å². The molecule has 1 aliphatic heterocycles. The first kappa shape index (κ1) is 7.59. The van der Waals surface area contributed by atoms with E-state index in [-0.39, 0.29) is 5.54 Å². The highest BCUT2D eigenvalue weighted by molar-refractivity contribution is 5.83. The van der Waals surface area contributed by atoms with Crippen molar-refractivity contribution in [2.45, 2.75) is 32.4 Å². The van der Waals surface area contributed by atoms with Crippen molar-refractivity contribution in [2.24, 2.45) is 4.99 Å². The Morgan fingerprint density at radius 3 is 3.00 bits per heavy atom. The minimum absolute atomic E-state index is 0.0307. The third-order valence-corrected chi connectivity index (χ3v) is 2.47.